The largest absolute Gasteiger partial charge is 0.396 e. The Morgan fingerprint density at radius 3 is 2.50 bits per heavy atom. The van der Waals surface area contributed by atoms with Crippen molar-refractivity contribution in [2.75, 3.05) is 32.8 Å². The van der Waals surface area contributed by atoms with Crippen molar-refractivity contribution in [2.45, 2.75) is 45.6 Å². The average molecular weight is 228 g/mol. The molecular formula is C13H28N2O. The Morgan fingerprint density at radius 1 is 1.25 bits per heavy atom. The van der Waals surface area contributed by atoms with Crippen LogP contribution in [0.15, 0.2) is 0 Å². The molecule has 0 radical (unpaired) electrons. The van der Waals surface area contributed by atoms with Crippen LogP contribution in [-0.2, 0) is 0 Å². The maximum absolute atomic E-state index is 8.69. The molecule has 16 heavy (non-hydrogen) atoms. The molecule has 2 N–H and O–H groups in total. The zero-order valence-corrected chi connectivity index (χ0v) is 10.9. The summed E-state index contributed by atoms with van der Waals surface area (Å²) in [6.07, 6.45) is 4.60. The van der Waals surface area contributed by atoms with Crippen LogP contribution in [0.25, 0.3) is 0 Å². The Morgan fingerprint density at radius 2 is 1.94 bits per heavy atom. The second-order valence-electron chi connectivity index (χ2n) is 5.35. The molecule has 0 aromatic rings. The van der Waals surface area contributed by atoms with Gasteiger partial charge < -0.3 is 15.3 Å². The van der Waals surface area contributed by atoms with Gasteiger partial charge in [0.25, 0.3) is 0 Å². The van der Waals surface area contributed by atoms with Crippen molar-refractivity contribution in [2.24, 2.45) is 5.92 Å². The van der Waals surface area contributed by atoms with Gasteiger partial charge in [-0.15, -0.1) is 0 Å². The average Bonchev–Trinajstić information content (AvgIpc) is 2.26. The van der Waals surface area contributed by atoms with Crippen LogP contribution in [0.2, 0.25) is 0 Å². The number of piperidine rings is 1. The van der Waals surface area contributed by atoms with Crippen LogP contribution in [0.3, 0.4) is 0 Å². The Hall–Kier alpha value is -0.120. The summed E-state index contributed by atoms with van der Waals surface area (Å²) >= 11 is 0. The molecule has 1 aliphatic heterocycles. The second-order valence-corrected chi connectivity index (χ2v) is 5.35. The molecule has 3 nitrogen and oxygen atoms in total. The third-order valence-electron chi connectivity index (χ3n) is 3.23. The predicted molar refractivity (Wildman–Crippen MR) is 68.6 cm³/mol. The number of hydrogen-bond donors (Lipinski definition) is 2. The summed E-state index contributed by atoms with van der Waals surface area (Å²) in [4.78, 5) is 2.58. The van der Waals surface area contributed by atoms with Crippen molar-refractivity contribution in [1.82, 2.24) is 10.2 Å². The van der Waals surface area contributed by atoms with E-state index < -0.39 is 0 Å². The second kappa shape index (κ2) is 8.04. The lowest BCUT2D eigenvalue weighted by Gasteiger charge is -2.33. The number of rotatable bonds is 7. The predicted octanol–water partition coefficient (Wildman–Crippen LogP) is 1.47. The molecule has 0 spiro atoms. The van der Waals surface area contributed by atoms with Crippen molar-refractivity contribution in [3.05, 3.63) is 0 Å². The molecule has 1 saturated heterocycles. The zero-order valence-electron chi connectivity index (χ0n) is 10.9. The first-order valence-electron chi connectivity index (χ1n) is 6.79. The van der Waals surface area contributed by atoms with Crippen LogP contribution in [0, 0.1) is 5.92 Å². The van der Waals surface area contributed by atoms with Crippen molar-refractivity contribution < 1.29 is 5.11 Å². The first-order chi connectivity index (χ1) is 7.72. The summed E-state index contributed by atoms with van der Waals surface area (Å²) in [6.45, 7) is 9.71. The van der Waals surface area contributed by atoms with Crippen molar-refractivity contribution in [3.63, 3.8) is 0 Å². The van der Waals surface area contributed by atoms with Crippen molar-refractivity contribution in [1.29, 1.82) is 0 Å². The van der Waals surface area contributed by atoms with Gasteiger partial charge in [-0.3, -0.25) is 0 Å². The highest BCUT2D eigenvalue weighted by atomic mass is 16.2. The van der Waals surface area contributed by atoms with Gasteiger partial charge in [0.05, 0.1) is 0 Å². The van der Waals surface area contributed by atoms with E-state index in [1.54, 1.807) is 0 Å². The van der Waals surface area contributed by atoms with E-state index in [0.29, 0.717) is 12.6 Å². The smallest absolute Gasteiger partial charge is 0.0431 e. The molecule has 1 heterocycles. The molecular weight excluding hydrogens is 200 g/mol. The third-order valence-corrected chi connectivity index (χ3v) is 3.23. The summed E-state index contributed by atoms with van der Waals surface area (Å²) in [5, 5.41) is 12.3. The minimum atomic E-state index is 0.328. The van der Waals surface area contributed by atoms with Gasteiger partial charge in [0.2, 0.25) is 0 Å². The lowest BCUT2D eigenvalue weighted by atomic mass is 10.0. The van der Waals surface area contributed by atoms with Gasteiger partial charge in [-0.1, -0.05) is 13.8 Å². The van der Waals surface area contributed by atoms with Crippen LogP contribution in [0.5, 0.6) is 0 Å². The van der Waals surface area contributed by atoms with E-state index in [1.807, 2.05) is 0 Å². The molecule has 0 aliphatic carbocycles. The number of aliphatic hydroxyl groups excluding tert-OH is 1. The molecule has 0 bridgehead atoms. The topological polar surface area (TPSA) is 35.5 Å². The maximum atomic E-state index is 8.69. The molecule has 0 atom stereocenters. The van der Waals surface area contributed by atoms with Gasteiger partial charge in [0, 0.05) is 19.2 Å². The molecule has 0 unspecified atom stereocenters. The van der Waals surface area contributed by atoms with Crippen LogP contribution in [-0.4, -0.2) is 48.8 Å². The maximum Gasteiger partial charge on any atom is 0.0431 e. The van der Waals surface area contributed by atoms with E-state index in [2.05, 4.69) is 24.1 Å². The molecule has 0 amide bonds. The Labute approximate surface area is 100 Å². The SMILES string of the molecule is CC(C)CN1CCC(NCCCCO)CC1. The number of nitrogens with one attached hydrogen (secondary N) is 1. The van der Waals surface area contributed by atoms with E-state index in [9.17, 15) is 0 Å². The summed E-state index contributed by atoms with van der Waals surface area (Å²) in [7, 11) is 0. The van der Waals surface area contributed by atoms with Gasteiger partial charge in [-0.2, -0.15) is 0 Å². The summed E-state index contributed by atoms with van der Waals surface area (Å²) in [5.74, 6) is 0.786. The standard InChI is InChI=1S/C13H28N2O/c1-12(2)11-15-8-5-13(6-9-15)14-7-3-4-10-16/h12-14,16H,3-11H2,1-2H3. The molecule has 96 valence electrons. The van der Waals surface area contributed by atoms with E-state index in [4.69, 9.17) is 5.11 Å². The number of likely N-dealkylation sites (tertiary alicyclic amines) is 1. The number of hydrogen-bond acceptors (Lipinski definition) is 3. The summed E-state index contributed by atoms with van der Waals surface area (Å²) in [6, 6.07) is 0.710. The minimum Gasteiger partial charge on any atom is -0.396 e. The lowest BCUT2D eigenvalue weighted by molar-refractivity contribution is 0.179. The summed E-state index contributed by atoms with van der Waals surface area (Å²) < 4.78 is 0. The first kappa shape index (κ1) is 13.9. The monoisotopic (exact) mass is 228 g/mol. The first-order valence-corrected chi connectivity index (χ1v) is 6.79. The van der Waals surface area contributed by atoms with Crippen LogP contribution >= 0.6 is 0 Å². The molecule has 0 aromatic heterocycles. The van der Waals surface area contributed by atoms with Gasteiger partial charge in [0.15, 0.2) is 0 Å². The van der Waals surface area contributed by atoms with Crippen LogP contribution in [0.1, 0.15) is 39.5 Å². The van der Waals surface area contributed by atoms with Crippen LogP contribution in [0.4, 0.5) is 0 Å². The van der Waals surface area contributed by atoms with E-state index >= 15 is 0 Å². The third kappa shape index (κ3) is 5.83. The highest BCUT2D eigenvalue weighted by Gasteiger charge is 2.18. The Kier molecular flexibility index (Phi) is 7.01. The number of unbranched alkanes of at least 4 members (excludes halogenated alkanes) is 1. The highest BCUT2D eigenvalue weighted by Crippen LogP contribution is 2.11. The minimum absolute atomic E-state index is 0.328. The Balaban J connectivity index is 2.03. The Bertz CT molecular complexity index is 165. The fraction of sp³-hybridized carbons (Fsp3) is 1.00. The molecule has 0 saturated carbocycles. The zero-order chi connectivity index (χ0) is 11.8. The molecule has 1 fully saturated rings. The van der Waals surface area contributed by atoms with E-state index in [-0.39, 0.29) is 0 Å². The van der Waals surface area contributed by atoms with Gasteiger partial charge in [-0.25, -0.2) is 0 Å². The number of nitrogens with zero attached hydrogens (tertiary/aromatic N) is 1. The van der Waals surface area contributed by atoms with Gasteiger partial charge in [-0.05, 0) is 51.2 Å². The molecule has 1 aliphatic rings. The highest BCUT2D eigenvalue weighted by molar-refractivity contribution is 4.77. The fourth-order valence-electron chi connectivity index (χ4n) is 2.38. The van der Waals surface area contributed by atoms with Gasteiger partial charge in [0.1, 0.15) is 0 Å². The quantitative estimate of drug-likeness (QED) is 0.648. The lowest BCUT2D eigenvalue weighted by Crippen LogP contribution is -2.43. The van der Waals surface area contributed by atoms with Crippen LogP contribution < -0.4 is 5.32 Å². The normalized spacial score (nSPS) is 19.5. The van der Waals surface area contributed by atoms with Gasteiger partial charge >= 0.3 is 0 Å². The van der Waals surface area contributed by atoms with Crippen molar-refractivity contribution in [3.8, 4) is 0 Å². The molecule has 3 heteroatoms. The van der Waals surface area contributed by atoms with Crippen molar-refractivity contribution >= 4 is 0 Å². The number of aliphatic hydroxyl groups is 1. The van der Waals surface area contributed by atoms with E-state index in [1.165, 1.54) is 32.5 Å². The van der Waals surface area contributed by atoms with E-state index in [0.717, 1.165) is 25.3 Å². The fourth-order valence-corrected chi connectivity index (χ4v) is 2.38. The summed E-state index contributed by atoms with van der Waals surface area (Å²) in [5.41, 5.74) is 0. The molecule has 0 aromatic carbocycles. The molecule has 1 rings (SSSR count).